The van der Waals surface area contributed by atoms with Gasteiger partial charge in [-0.3, -0.25) is 4.79 Å². The van der Waals surface area contributed by atoms with Crippen LogP contribution < -0.4 is 0 Å². The van der Waals surface area contributed by atoms with Gasteiger partial charge in [0.2, 0.25) is 0 Å². The first-order chi connectivity index (χ1) is 7.10. The molecule has 15 heavy (non-hydrogen) atoms. The van der Waals surface area contributed by atoms with Crippen LogP contribution in [0.5, 0.6) is 0 Å². The van der Waals surface area contributed by atoms with E-state index in [1.54, 1.807) is 18.2 Å². The van der Waals surface area contributed by atoms with Crippen molar-refractivity contribution in [1.29, 1.82) is 0 Å². The highest BCUT2D eigenvalue weighted by Crippen LogP contribution is 2.07. The van der Waals surface area contributed by atoms with Gasteiger partial charge in [-0.2, -0.15) is 0 Å². The predicted octanol–water partition coefficient (Wildman–Crippen LogP) is 1.46. The maximum absolute atomic E-state index is 10.3. The van der Waals surface area contributed by atoms with E-state index in [1.807, 2.05) is 0 Å². The summed E-state index contributed by atoms with van der Waals surface area (Å²) in [5.74, 6) is 0.479. The summed E-state index contributed by atoms with van der Waals surface area (Å²) < 4.78 is 0. The van der Waals surface area contributed by atoms with Crippen molar-refractivity contribution in [2.24, 2.45) is 5.92 Å². The van der Waals surface area contributed by atoms with Crippen molar-refractivity contribution in [1.82, 2.24) is 0 Å². The Balaban J connectivity index is 3.88. The molecule has 0 saturated heterocycles. The second kappa shape index (κ2) is 8.38. The number of carbonyl (C=O) groups excluding carboxylic acids is 1. The van der Waals surface area contributed by atoms with E-state index in [0.717, 1.165) is 6.42 Å². The summed E-state index contributed by atoms with van der Waals surface area (Å²) in [5, 5.41) is 18.2. The van der Waals surface area contributed by atoms with Gasteiger partial charge in [0, 0.05) is 5.57 Å². The van der Waals surface area contributed by atoms with Gasteiger partial charge in [-0.15, -0.1) is 0 Å². The van der Waals surface area contributed by atoms with Gasteiger partial charge >= 0.3 is 0 Å². The van der Waals surface area contributed by atoms with Crippen LogP contribution in [-0.2, 0) is 4.79 Å². The molecule has 0 amide bonds. The minimum atomic E-state index is -0.330. The lowest BCUT2D eigenvalue weighted by molar-refractivity contribution is -0.105. The number of aliphatic hydroxyl groups excluding tert-OH is 2. The van der Waals surface area contributed by atoms with Crippen molar-refractivity contribution in [2.75, 3.05) is 6.61 Å². The molecule has 0 spiro atoms. The third-order valence-corrected chi connectivity index (χ3v) is 1.93. The van der Waals surface area contributed by atoms with Gasteiger partial charge in [0.1, 0.15) is 6.29 Å². The first-order valence-electron chi connectivity index (χ1n) is 5.20. The van der Waals surface area contributed by atoms with Crippen LogP contribution >= 0.6 is 0 Å². The van der Waals surface area contributed by atoms with E-state index in [9.17, 15) is 9.90 Å². The standard InChI is InChI=1S/C12H20O3/c1-10(2)7-12(15)6-4-3-5-11(8-13)9-14/h3-5,8,10,12,14-15H,6-7,9H2,1-2H3/b4-3+,11-5+. The lowest BCUT2D eigenvalue weighted by atomic mass is 10.0. The zero-order chi connectivity index (χ0) is 11.7. The van der Waals surface area contributed by atoms with Crippen LogP contribution in [0.25, 0.3) is 0 Å². The van der Waals surface area contributed by atoms with Crippen molar-refractivity contribution in [3.05, 3.63) is 23.8 Å². The van der Waals surface area contributed by atoms with E-state index in [4.69, 9.17) is 5.11 Å². The summed E-state index contributed by atoms with van der Waals surface area (Å²) >= 11 is 0. The lowest BCUT2D eigenvalue weighted by Crippen LogP contribution is -2.08. The summed E-state index contributed by atoms with van der Waals surface area (Å²) in [6.07, 6.45) is 6.67. The van der Waals surface area contributed by atoms with Crippen LogP contribution in [0.2, 0.25) is 0 Å². The largest absolute Gasteiger partial charge is 0.393 e. The van der Waals surface area contributed by atoms with Gasteiger partial charge < -0.3 is 10.2 Å². The molecule has 1 unspecified atom stereocenters. The lowest BCUT2D eigenvalue weighted by Gasteiger charge is -2.09. The highest BCUT2D eigenvalue weighted by molar-refractivity contribution is 5.73. The maximum atomic E-state index is 10.3. The minimum Gasteiger partial charge on any atom is -0.393 e. The van der Waals surface area contributed by atoms with E-state index in [2.05, 4.69) is 13.8 Å². The summed E-state index contributed by atoms with van der Waals surface area (Å²) in [5.41, 5.74) is 0.338. The molecule has 0 aromatic carbocycles. The SMILES string of the molecule is CC(C)CC(O)C/C=C/C=C(\C=O)CO. The molecule has 0 saturated carbocycles. The molecule has 0 aliphatic carbocycles. The Morgan fingerprint density at radius 1 is 1.40 bits per heavy atom. The molecule has 0 fully saturated rings. The van der Waals surface area contributed by atoms with Gasteiger partial charge in [0.15, 0.2) is 0 Å². The number of hydrogen-bond donors (Lipinski definition) is 2. The van der Waals surface area contributed by atoms with Crippen LogP contribution in [0, 0.1) is 5.92 Å². The molecule has 0 heterocycles. The van der Waals surface area contributed by atoms with E-state index in [0.29, 0.717) is 24.2 Å². The number of allylic oxidation sites excluding steroid dienone is 2. The molecule has 86 valence electrons. The Kier molecular flexibility index (Phi) is 7.86. The van der Waals surface area contributed by atoms with E-state index >= 15 is 0 Å². The van der Waals surface area contributed by atoms with Gasteiger partial charge in [-0.25, -0.2) is 0 Å². The minimum absolute atomic E-state index is 0.248. The molecular weight excluding hydrogens is 192 g/mol. The monoisotopic (exact) mass is 212 g/mol. The van der Waals surface area contributed by atoms with Gasteiger partial charge in [0.25, 0.3) is 0 Å². The fourth-order valence-corrected chi connectivity index (χ4v) is 1.20. The van der Waals surface area contributed by atoms with Gasteiger partial charge in [0.05, 0.1) is 12.7 Å². The summed E-state index contributed by atoms with van der Waals surface area (Å²) in [6.45, 7) is 3.87. The fraction of sp³-hybridized carbons (Fsp3) is 0.583. The number of aldehydes is 1. The van der Waals surface area contributed by atoms with Crippen molar-refractivity contribution >= 4 is 6.29 Å². The zero-order valence-corrected chi connectivity index (χ0v) is 9.39. The van der Waals surface area contributed by atoms with Crippen LogP contribution in [0.4, 0.5) is 0 Å². The molecular formula is C12H20O3. The third-order valence-electron chi connectivity index (χ3n) is 1.93. The van der Waals surface area contributed by atoms with E-state index in [1.165, 1.54) is 0 Å². The Morgan fingerprint density at radius 2 is 2.07 bits per heavy atom. The molecule has 0 bridgehead atoms. The number of hydrogen-bond acceptors (Lipinski definition) is 3. The Bertz CT molecular complexity index is 229. The molecule has 0 aromatic rings. The number of rotatable bonds is 7. The Labute approximate surface area is 91.1 Å². The highest BCUT2D eigenvalue weighted by atomic mass is 16.3. The smallest absolute Gasteiger partial charge is 0.148 e. The fourth-order valence-electron chi connectivity index (χ4n) is 1.20. The molecule has 1 atom stereocenters. The Hall–Kier alpha value is -0.930. The summed E-state index contributed by atoms with van der Waals surface area (Å²) in [6, 6.07) is 0. The zero-order valence-electron chi connectivity index (χ0n) is 9.39. The molecule has 2 N–H and O–H groups in total. The number of carbonyl (C=O) groups is 1. The number of aliphatic hydroxyl groups is 2. The quantitative estimate of drug-likeness (QED) is 0.381. The topological polar surface area (TPSA) is 57.5 Å². The molecule has 0 rings (SSSR count). The molecule has 3 nitrogen and oxygen atoms in total. The second-order valence-electron chi connectivity index (χ2n) is 3.96. The van der Waals surface area contributed by atoms with Crippen LogP contribution in [0.1, 0.15) is 26.7 Å². The highest BCUT2D eigenvalue weighted by Gasteiger charge is 2.03. The summed E-state index contributed by atoms with van der Waals surface area (Å²) in [7, 11) is 0. The second-order valence-corrected chi connectivity index (χ2v) is 3.96. The molecule has 0 aromatic heterocycles. The predicted molar refractivity (Wildman–Crippen MR) is 60.5 cm³/mol. The average molecular weight is 212 g/mol. The van der Waals surface area contributed by atoms with Crippen molar-refractivity contribution < 1.29 is 15.0 Å². The van der Waals surface area contributed by atoms with Crippen LogP contribution in [-0.4, -0.2) is 29.2 Å². The molecule has 3 heteroatoms. The molecule has 0 aliphatic heterocycles. The molecule has 0 radical (unpaired) electrons. The van der Waals surface area contributed by atoms with Crippen molar-refractivity contribution in [3.63, 3.8) is 0 Å². The summed E-state index contributed by atoms with van der Waals surface area (Å²) in [4.78, 5) is 10.3. The van der Waals surface area contributed by atoms with Crippen LogP contribution in [0.15, 0.2) is 23.8 Å². The first kappa shape index (κ1) is 14.1. The first-order valence-corrected chi connectivity index (χ1v) is 5.20. The van der Waals surface area contributed by atoms with Gasteiger partial charge in [-0.05, 0) is 18.8 Å². The van der Waals surface area contributed by atoms with Crippen molar-refractivity contribution in [2.45, 2.75) is 32.8 Å². The average Bonchev–Trinajstić information content (AvgIpc) is 2.17. The van der Waals surface area contributed by atoms with Crippen molar-refractivity contribution in [3.8, 4) is 0 Å². The Morgan fingerprint density at radius 3 is 2.53 bits per heavy atom. The normalized spacial score (nSPS) is 14.9. The maximum Gasteiger partial charge on any atom is 0.148 e. The van der Waals surface area contributed by atoms with Crippen LogP contribution in [0.3, 0.4) is 0 Å². The third kappa shape index (κ3) is 8.09. The molecule has 0 aliphatic rings. The van der Waals surface area contributed by atoms with E-state index < -0.39 is 0 Å². The van der Waals surface area contributed by atoms with Gasteiger partial charge in [-0.1, -0.05) is 32.1 Å². The van der Waals surface area contributed by atoms with E-state index in [-0.39, 0.29) is 12.7 Å².